The number of rotatable bonds is 3. The third kappa shape index (κ3) is 5.52. The van der Waals surface area contributed by atoms with Gasteiger partial charge in [-0.3, -0.25) is 0 Å². The van der Waals surface area contributed by atoms with Gasteiger partial charge in [0.25, 0.3) is 0 Å². The average Bonchev–Trinajstić information content (AvgIpc) is 2.47. The summed E-state index contributed by atoms with van der Waals surface area (Å²) in [6, 6.07) is 5.78. The molecular weight excluding hydrogens is 470 g/mol. The second-order valence-corrected chi connectivity index (χ2v) is 6.17. The summed E-state index contributed by atoms with van der Waals surface area (Å²) in [5, 5.41) is 2.15. The quantitative estimate of drug-likeness (QED) is 0.356. The van der Waals surface area contributed by atoms with Crippen molar-refractivity contribution in [1.82, 2.24) is 0 Å². The lowest BCUT2D eigenvalue weighted by Gasteiger charge is -2.04. The van der Waals surface area contributed by atoms with E-state index in [1.807, 2.05) is 0 Å². The maximum absolute atomic E-state index is 13.2. The largest absolute Gasteiger partial charge is 0.492 e. The molecule has 2 N–H and O–H groups in total. The molecule has 0 unspecified atom stereocenters. The molecular formula is C15H12Br2F2N2O2S. The molecule has 0 aliphatic heterocycles. The molecule has 0 saturated carbocycles. The van der Waals surface area contributed by atoms with Crippen LogP contribution in [0.4, 0.5) is 20.2 Å². The van der Waals surface area contributed by atoms with Gasteiger partial charge in [-0.05, 0) is 36.5 Å². The van der Waals surface area contributed by atoms with Gasteiger partial charge in [-0.1, -0.05) is 31.9 Å². The van der Waals surface area contributed by atoms with Crippen LogP contribution >= 0.6 is 44.1 Å². The Kier molecular flexibility index (Phi) is 8.27. The molecule has 4 nitrogen and oxygen atoms in total. The van der Waals surface area contributed by atoms with Crippen molar-refractivity contribution in [2.45, 2.75) is 0 Å². The van der Waals surface area contributed by atoms with E-state index in [1.165, 1.54) is 26.4 Å². The first-order valence-corrected chi connectivity index (χ1v) is 8.22. The molecule has 0 bridgehead atoms. The second-order valence-electron chi connectivity index (χ2n) is 4.15. The Morgan fingerprint density at radius 1 is 1.00 bits per heavy atom. The minimum absolute atomic E-state index is 0.0700. The van der Waals surface area contributed by atoms with Crippen LogP contribution in [0.5, 0.6) is 11.5 Å². The smallest absolute Gasteiger partial charge is 0.181 e. The molecule has 2 aromatic rings. The van der Waals surface area contributed by atoms with Crippen LogP contribution in [0.1, 0.15) is 0 Å². The number of nitrogens with zero attached hydrogens (tertiary/aromatic N) is 1. The average molecular weight is 482 g/mol. The van der Waals surface area contributed by atoms with Crippen LogP contribution in [0, 0.1) is 11.6 Å². The first-order valence-electron chi connectivity index (χ1n) is 6.23. The molecule has 0 fully saturated rings. The Bertz CT molecular complexity index is 761. The molecule has 9 heteroatoms. The zero-order chi connectivity index (χ0) is 18.3. The van der Waals surface area contributed by atoms with E-state index in [1.54, 1.807) is 12.1 Å². The lowest BCUT2D eigenvalue weighted by Crippen LogP contribution is -1.95. The summed E-state index contributed by atoms with van der Waals surface area (Å²) >= 11 is 10.6. The number of methoxy groups -OCH3 is 2. The van der Waals surface area contributed by atoms with Crippen LogP contribution in [0.15, 0.2) is 38.2 Å². The number of anilines is 1. The number of nitrogen functional groups attached to an aromatic ring is 1. The van der Waals surface area contributed by atoms with E-state index in [-0.39, 0.29) is 11.5 Å². The predicted octanol–water partition coefficient (Wildman–Crippen LogP) is 5.51. The maximum Gasteiger partial charge on any atom is 0.181 e. The van der Waals surface area contributed by atoms with Crippen LogP contribution < -0.4 is 15.2 Å². The number of hydrogen-bond donors (Lipinski definition) is 1. The Balaban J connectivity index is 0.000000243. The Morgan fingerprint density at radius 3 is 1.96 bits per heavy atom. The summed E-state index contributed by atoms with van der Waals surface area (Å²) in [4.78, 5) is 3.67. The number of isothiocyanates is 1. The van der Waals surface area contributed by atoms with E-state index in [0.29, 0.717) is 20.3 Å². The highest BCUT2D eigenvalue weighted by atomic mass is 79.9. The van der Waals surface area contributed by atoms with E-state index in [0.717, 1.165) is 0 Å². The van der Waals surface area contributed by atoms with Gasteiger partial charge in [0, 0.05) is 8.95 Å². The fourth-order valence-electron chi connectivity index (χ4n) is 1.68. The van der Waals surface area contributed by atoms with Crippen molar-refractivity contribution >= 4 is 60.6 Å². The highest BCUT2D eigenvalue weighted by molar-refractivity contribution is 9.10. The van der Waals surface area contributed by atoms with Crippen LogP contribution in [-0.4, -0.2) is 19.4 Å². The minimum Gasteiger partial charge on any atom is -0.492 e. The highest BCUT2D eigenvalue weighted by Crippen LogP contribution is 2.33. The van der Waals surface area contributed by atoms with Gasteiger partial charge in [-0.25, -0.2) is 8.78 Å². The molecule has 0 aromatic heterocycles. The lowest BCUT2D eigenvalue weighted by molar-refractivity contribution is 0.388. The van der Waals surface area contributed by atoms with Crippen LogP contribution in [-0.2, 0) is 0 Å². The zero-order valence-corrected chi connectivity index (χ0v) is 16.6. The van der Waals surface area contributed by atoms with Crippen molar-refractivity contribution in [2.75, 3.05) is 20.0 Å². The van der Waals surface area contributed by atoms with E-state index >= 15 is 0 Å². The Hall–Kier alpha value is -1.54. The molecule has 0 saturated heterocycles. The molecule has 24 heavy (non-hydrogen) atoms. The van der Waals surface area contributed by atoms with Crippen molar-refractivity contribution in [3.05, 3.63) is 44.8 Å². The fraction of sp³-hybridized carbons (Fsp3) is 0.133. The van der Waals surface area contributed by atoms with Gasteiger partial charge in [0.2, 0.25) is 0 Å². The molecule has 0 amide bonds. The molecule has 0 atom stereocenters. The summed E-state index contributed by atoms with van der Waals surface area (Å²) in [5.41, 5.74) is 6.05. The number of nitrogens with two attached hydrogens (primary N) is 1. The first kappa shape index (κ1) is 20.5. The highest BCUT2D eigenvalue weighted by Gasteiger charge is 2.09. The van der Waals surface area contributed by atoms with Crippen molar-refractivity contribution in [3.8, 4) is 11.5 Å². The van der Waals surface area contributed by atoms with Crippen molar-refractivity contribution in [3.63, 3.8) is 0 Å². The van der Waals surface area contributed by atoms with Gasteiger partial charge in [0.15, 0.2) is 23.1 Å². The summed E-state index contributed by atoms with van der Waals surface area (Å²) in [6.07, 6.45) is 0. The third-order valence-corrected chi connectivity index (χ3v) is 3.61. The summed E-state index contributed by atoms with van der Waals surface area (Å²) in [7, 11) is 2.75. The van der Waals surface area contributed by atoms with Crippen molar-refractivity contribution in [1.29, 1.82) is 0 Å². The van der Waals surface area contributed by atoms with Crippen LogP contribution in [0.2, 0.25) is 0 Å². The fourth-order valence-corrected chi connectivity index (χ4v) is 2.64. The van der Waals surface area contributed by atoms with Gasteiger partial charge >= 0.3 is 0 Å². The molecule has 2 rings (SSSR count). The number of halogens is 4. The lowest BCUT2D eigenvalue weighted by atomic mass is 10.3. The van der Waals surface area contributed by atoms with E-state index in [4.69, 9.17) is 15.2 Å². The number of benzene rings is 2. The standard InChI is InChI=1S/C8H5BrFNOS.C7H7BrFNO/c1-12-8-6(10)2-5(9)3-7(8)11-4-13;1-11-7-5(9)2-4(8)3-6(7)10/h2-3H,1H3;2-3H,10H2,1H3. The Labute approximate surface area is 159 Å². The second kappa shape index (κ2) is 9.68. The zero-order valence-electron chi connectivity index (χ0n) is 12.6. The first-order chi connectivity index (χ1) is 11.3. The molecule has 2 aromatic carbocycles. The summed E-state index contributed by atoms with van der Waals surface area (Å²) < 4.78 is 36.7. The van der Waals surface area contributed by atoms with Crippen LogP contribution in [0.3, 0.4) is 0 Å². The molecule has 0 aliphatic rings. The number of hydrogen-bond acceptors (Lipinski definition) is 5. The topological polar surface area (TPSA) is 56.8 Å². The van der Waals surface area contributed by atoms with Crippen molar-refractivity contribution < 1.29 is 18.3 Å². The summed E-state index contributed by atoms with van der Waals surface area (Å²) in [6.45, 7) is 0. The number of aliphatic imine (C=N–C) groups is 1. The maximum atomic E-state index is 13.2. The van der Waals surface area contributed by atoms with Gasteiger partial charge < -0.3 is 15.2 Å². The normalized spacial score (nSPS) is 9.42. The van der Waals surface area contributed by atoms with E-state index in [2.05, 4.69) is 54.2 Å². The number of ether oxygens (including phenoxy) is 2. The Morgan fingerprint density at radius 2 is 1.50 bits per heavy atom. The van der Waals surface area contributed by atoms with Crippen LogP contribution in [0.25, 0.3) is 0 Å². The molecule has 0 radical (unpaired) electrons. The molecule has 0 spiro atoms. The number of thiocarbonyl (C=S) groups is 1. The molecule has 128 valence electrons. The van der Waals surface area contributed by atoms with E-state index in [9.17, 15) is 8.78 Å². The third-order valence-electron chi connectivity index (χ3n) is 2.60. The van der Waals surface area contributed by atoms with Gasteiger partial charge in [-0.2, -0.15) is 4.99 Å². The molecule has 0 heterocycles. The minimum atomic E-state index is -0.485. The monoisotopic (exact) mass is 480 g/mol. The molecule has 0 aliphatic carbocycles. The summed E-state index contributed by atoms with van der Waals surface area (Å²) in [5.74, 6) is -0.783. The SMILES string of the molecule is COc1c(F)cc(Br)cc1N=C=S.COc1c(N)cc(Br)cc1F. The predicted molar refractivity (Wildman–Crippen MR) is 100 cm³/mol. The van der Waals surface area contributed by atoms with Gasteiger partial charge in [-0.15, -0.1) is 0 Å². The van der Waals surface area contributed by atoms with E-state index < -0.39 is 11.6 Å². The van der Waals surface area contributed by atoms with Crippen molar-refractivity contribution in [2.24, 2.45) is 4.99 Å². The van der Waals surface area contributed by atoms with Gasteiger partial charge in [0.05, 0.1) is 25.1 Å². The van der Waals surface area contributed by atoms with Gasteiger partial charge in [0.1, 0.15) is 5.69 Å².